The molecule has 0 radical (unpaired) electrons. The van der Waals surface area contributed by atoms with Crippen LogP contribution in [0.1, 0.15) is 0 Å². The summed E-state index contributed by atoms with van der Waals surface area (Å²) in [5.41, 5.74) is 1.51. The standard InChI is InChI=1S/C11H11BrN4O2/c12-6-3-7-9(18-5-10(17)15-7)4-8(6)16-2-1-14-11(16)13/h3-4H,1-2,5H2,(H2,13,14)(H,15,17). The molecule has 94 valence electrons. The molecule has 2 heterocycles. The number of hydrogen-bond acceptors (Lipinski definition) is 3. The smallest absolute Gasteiger partial charge is 0.262 e. The molecule has 0 unspecified atom stereocenters. The van der Waals surface area contributed by atoms with E-state index in [4.69, 9.17) is 10.1 Å². The Morgan fingerprint density at radius 3 is 3.00 bits per heavy atom. The van der Waals surface area contributed by atoms with Crippen LogP contribution < -0.4 is 20.3 Å². The van der Waals surface area contributed by atoms with Gasteiger partial charge in [0, 0.05) is 23.6 Å². The zero-order valence-corrected chi connectivity index (χ0v) is 11.0. The summed E-state index contributed by atoms with van der Waals surface area (Å²) in [6.07, 6.45) is 0. The molecule has 0 bridgehead atoms. The molecule has 6 nitrogen and oxygen atoms in total. The molecule has 0 aliphatic carbocycles. The van der Waals surface area contributed by atoms with Gasteiger partial charge in [0.15, 0.2) is 12.6 Å². The molecule has 0 atom stereocenters. The van der Waals surface area contributed by atoms with Crippen molar-refractivity contribution in [2.75, 3.05) is 29.9 Å². The van der Waals surface area contributed by atoms with Crippen molar-refractivity contribution in [3.8, 4) is 5.75 Å². The molecule has 18 heavy (non-hydrogen) atoms. The van der Waals surface area contributed by atoms with E-state index in [1.807, 2.05) is 11.0 Å². The molecular weight excluding hydrogens is 300 g/mol. The molecule has 3 rings (SSSR count). The highest BCUT2D eigenvalue weighted by molar-refractivity contribution is 9.10. The minimum Gasteiger partial charge on any atom is -0.482 e. The van der Waals surface area contributed by atoms with Crippen LogP contribution in [0.4, 0.5) is 11.4 Å². The van der Waals surface area contributed by atoms with Gasteiger partial charge in [0.25, 0.3) is 5.91 Å². The summed E-state index contributed by atoms with van der Waals surface area (Å²) < 4.78 is 6.20. The third kappa shape index (κ3) is 1.80. The van der Waals surface area contributed by atoms with Crippen LogP contribution in [0.15, 0.2) is 16.6 Å². The molecule has 1 aromatic rings. The lowest BCUT2D eigenvalue weighted by atomic mass is 10.2. The molecule has 0 saturated carbocycles. The van der Waals surface area contributed by atoms with Crippen LogP contribution in [-0.2, 0) is 4.79 Å². The zero-order valence-electron chi connectivity index (χ0n) is 9.42. The number of carbonyl (C=O) groups is 1. The van der Waals surface area contributed by atoms with E-state index in [1.165, 1.54) is 0 Å². The number of anilines is 2. The maximum Gasteiger partial charge on any atom is 0.262 e. The van der Waals surface area contributed by atoms with Crippen LogP contribution in [0.25, 0.3) is 0 Å². The predicted octanol–water partition coefficient (Wildman–Crippen LogP) is 1.12. The van der Waals surface area contributed by atoms with Crippen molar-refractivity contribution < 1.29 is 9.53 Å². The van der Waals surface area contributed by atoms with E-state index in [2.05, 4.69) is 26.6 Å². The average molecular weight is 311 g/mol. The molecule has 3 N–H and O–H groups in total. The number of nitrogens with one attached hydrogen (secondary N) is 3. The van der Waals surface area contributed by atoms with E-state index in [0.717, 1.165) is 23.2 Å². The number of fused-ring (bicyclic) bond motifs is 1. The van der Waals surface area contributed by atoms with Gasteiger partial charge in [0.1, 0.15) is 5.75 Å². The summed E-state index contributed by atoms with van der Waals surface area (Å²) in [6.45, 7) is 1.52. The van der Waals surface area contributed by atoms with Gasteiger partial charge in [-0.05, 0) is 22.0 Å². The van der Waals surface area contributed by atoms with E-state index >= 15 is 0 Å². The lowest BCUT2D eigenvalue weighted by Crippen LogP contribution is -2.30. The van der Waals surface area contributed by atoms with Gasteiger partial charge in [-0.15, -0.1) is 0 Å². The lowest BCUT2D eigenvalue weighted by molar-refractivity contribution is -0.118. The fraction of sp³-hybridized carbons (Fsp3) is 0.273. The van der Waals surface area contributed by atoms with E-state index < -0.39 is 0 Å². The first-order valence-corrected chi connectivity index (χ1v) is 6.30. The van der Waals surface area contributed by atoms with E-state index in [1.54, 1.807) is 6.07 Å². The van der Waals surface area contributed by atoms with Gasteiger partial charge in [-0.3, -0.25) is 10.2 Å². The maximum absolute atomic E-state index is 11.2. The molecule has 0 aromatic heterocycles. The van der Waals surface area contributed by atoms with Crippen LogP contribution >= 0.6 is 15.9 Å². The minimum absolute atomic E-state index is 0.0315. The molecule has 1 amide bonds. The van der Waals surface area contributed by atoms with Crippen LogP contribution in [0.5, 0.6) is 5.75 Å². The topological polar surface area (TPSA) is 77.5 Å². The highest BCUT2D eigenvalue weighted by atomic mass is 79.9. The number of benzene rings is 1. The summed E-state index contributed by atoms with van der Waals surface area (Å²) in [5.74, 6) is 0.848. The molecule has 1 fully saturated rings. The number of hydrogen-bond donors (Lipinski definition) is 3. The Labute approximate surface area is 112 Å². The van der Waals surface area contributed by atoms with E-state index in [-0.39, 0.29) is 12.5 Å². The number of guanidine groups is 1. The van der Waals surface area contributed by atoms with Crippen molar-refractivity contribution in [1.29, 1.82) is 5.41 Å². The Hall–Kier alpha value is -1.76. The fourth-order valence-electron chi connectivity index (χ4n) is 2.03. The molecule has 1 saturated heterocycles. The SMILES string of the molecule is N=C1NCCN1c1cc2c(cc1Br)NC(=O)CO2. The van der Waals surface area contributed by atoms with Crippen molar-refractivity contribution in [1.82, 2.24) is 5.32 Å². The second-order valence-corrected chi connectivity index (χ2v) is 4.92. The molecule has 1 aromatic carbocycles. The monoisotopic (exact) mass is 310 g/mol. The van der Waals surface area contributed by atoms with Gasteiger partial charge < -0.3 is 20.3 Å². The maximum atomic E-state index is 11.2. The van der Waals surface area contributed by atoms with Gasteiger partial charge in [0.2, 0.25) is 0 Å². The second-order valence-electron chi connectivity index (χ2n) is 4.06. The summed E-state index contributed by atoms with van der Waals surface area (Å²) in [5, 5.41) is 13.5. The Bertz CT molecular complexity index is 546. The Morgan fingerprint density at radius 1 is 1.44 bits per heavy atom. The van der Waals surface area contributed by atoms with Crippen LogP contribution in [0.3, 0.4) is 0 Å². The van der Waals surface area contributed by atoms with Gasteiger partial charge in [-0.25, -0.2) is 0 Å². The second kappa shape index (κ2) is 4.16. The number of nitrogens with zero attached hydrogens (tertiary/aromatic N) is 1. The number of ether oxygens (including phenoxy) is 1. The summed E-state index contributed by atoms with van der Waals surface area (Å²) >= 11 is 3.46. The van der Waals surface area contributed by atoms with Crippen molar-refractivity contribution in [2.24, 2.45) is 0 Å². The van der Waals surface area contributed by atoms with Gasteiger partial charge >= 0.3 is 0 Å². The summed E-state index contributed by atoms with van der Waals surface area (Å²) in [4.78, 5) is 13.1. The number of carbonyl (C=O) groups excluding carboxylic acids is 1. The molecule has 2 aliphatic rings. The van der Waals surface area contributed by atoms with Crippen LogP contribution in [0, 0.1) is 5.41 Å². The summed E-state index contributed by atoms with van der Waals surface area (Å²) in [6, 6.07) is 3.63. The molecular formula is C11H11BrN4O2. The summed E-state index contributed by atoms with van der Waals surface area (Å²) in [7, 11) is 0. The Morgan fingerprint density at radius 2 is 2.28 bits per heavy atom. The number of rotatable bonds is 1. The number of halogens is 1. The largest absolute Gasteiger partial charge is 0.482 e. The normalized spacial score (nSPS) is 17.9. The third-order valence-electron chi connectivity index (χ3n) is 2.87. The van der Waals surface area contributed by atoms with Crippen LogP contribution in [-0.4, -0.2) is 31.6 Å². The predicted molar refractivity (Wildman–Crippen MR) is 71.3 cm³/mol. The van der Waals surface area contributed by atoms with Crippen LogP contribution in [0.2, 0.25) is 0 Å². The van der Waals surface area contributed by atoms with Gasteiger partial charge in [-0.1, -0.05) is 0 Å². The van der Waals surface area contributed by atoms with Gasteiger partial charge in [-0.2, -0.15) is 0 Å². The first kappa shape index (κ1) is 11.3. The third-order valence-corrected chi connectivity index (χ3v) is 3.51. The Balaban J connectivity index is 2.01. The van der Waals surface area contributed by atoms with Crippen molar-refractivity contribution in [3.63, 3.8) is 0 Å². The highest BCUT2D eigenvalue weighted by Crippen LogP contribution is 2.38. The zero-order chi connectivity index (χ0) is 12.7. The van der Waals surface area contributed by atoms with Crippen molar-refractivity contribution in [2.45, 2.75) is 0 Å². The average Bonchev–Trinajstić information content (AvgIpc) is 2.74. The van der Waals surface area contributed by atoms with Gasteiger partial charge in [0.05, 0.1) is 11.4 Å². The van der Waals surface area contributed by atoms with E-state index in [9.17, 15) is 4.79 Å². The lowest BCUT2D eigenvalue weighted by Gasteiger charge is -2.23. The first-order chi connectivity index (χ1) is 8.65. The highest BCUT2D eigenvalue weighted by Gasteiger charge is 2.24. The quantitative estimate of drug-likeness (QED) is 0.726. The van der Waals surface area contributed by atoms with Crippen molar-refractivity contribution >= 4 is 39.2 Å². The molecule has 0 spiro atoms. The van der Waals surface area contributed by atoms with Crippen molar-refractivity contribution in [3.05, 3.63) is 16.6 Å². The molecule has 2 aliphatic heterocycles. The minimum atomic E-state index is -0.155. The molecule has 7 heteroatoms. The van der Waals surface area contributed by atoms with E-state index in [0.29, 0.717) is 17.4 Å². The Kier molecular flexibility index (Phi) is 2.62. The fourth-order valence-corrected chi connectivity index (χ4v) is 2.59. The first-order valence-electron chi connectivity index (χ1n) is 5.51. The number of amides is 1.